The standard InChI is InChI=1S/C13H24N2/c1-3-12(9-10-14)15-13-8-6-4-5-7-11(13)2/h11-13,15H,3-9H2,1-2H3. The van der Waals surface area contributed by atoms with Crippen LogP contribution in [0.5, 0.6) is 0 Å². The molecule has 1 aliphatic rings. The van der Waals surface area contributed by atoms with Gasteiger partial charge in [0, 0.05) is 12.1 Å². The molecule has 0 spiro atoms. The van der Waals surface area contributed by atoms with E-state index >= 15 is 0 Å². The van der Waals surface area contributed by atoms with Gasteiger partial charge in [-0.05, 0) is 25.2 Å². The van der Waals surface area contributed by atoms with E-state index in [1.54, 1.807) is 0 Å². The Morgan fingerprint density at radius 1 is 1.33 bits per heavy atom. The molecule has 0 radical (unpaired) electrons. The van der Waals surface area contributed by atoms with Crippen LogP contribution in [0.25, 0.3) is 0 Å². The number of nitriles is 1. The summed E-state index contributed by atoms with van der Waals surface area (Å²) in [6.07, 6.45) is 8.48. The van der Waals surface area contributed by atoms with Crippen LogP contribution in [-0.4, -0.2) is 12.1 Å². The fourth-order valence-corrected chi connectivity index (χ4v) is 2.47. The van der Waals surface area contributed by atoms with E-state index in [2.05, 4.69) is 25.2 Å². The lowest BCUT2D eigenvalue weighted by Crippen LogP contribution is -2.41. The zero-order chi connectivity index (χ0) is 11.1. The van der Waals surface area contributed by atoms with Crippen molar-refractivity contribution in [1.82, 2.24) is 5.32 Å². The van der Waals surface area contributed by atoms with Gasteiger partial charge in [-0.25, -0.2) is 0 Å². The summed E-state index contributed by atoms with van der Waals surface area (Å²) in [7, 11) is 0. The average molecular weight is 208 g/mol. The third-order valence-electron chi connectivity index (χ3n) is 3.64. The molecular weight excluding hydrogens is 184 g/mol. The first-order chi connectivity index (χ1) is 7.27. The summed E-state index contributed by atoms with van der Waals surface area (Å²) >= 11 is 0. The number of hydrogen-bond acceptors (Lipinski definition) is 2. The fraction of sp³-hybridized carbons (Fsp3) is 0.923. The van der Waals surface area contributed by atoms with Gasteiger partial charge in [-0.15, -0.1) is 0 Å². The van der Waals surface area contributed by atoms with Gasteiger partial charge in [0.15, 0.2) is 0 Å². The van der Waals surface area contributed by atoms with Crippen LogP contribution in [0.2, 0.25) is 0 Å². The Kier molecular flexibility index (Phi) is 5.71. The molecule has 0 aromatic heterocycles. The molecule has 1 N–H and O–H groups in total. The second-order valence-electron chi connectivity index (χ2n) is 4.86. The lowest BCUT2D eigenvalue weighted by Gasteiger charge is -2.27. The summed E-state index contributed by atoms with van der Waals surface area (Å²) in [5.41, 5.74) is 0. The summed E-state index contributed by atoms with van der Waals surface area (Å²) < 4.78 is 0. The molecule has 3 unspecified atom stereocenters. The van der Waals surface area contributed by atoms with Gasteiger partial charge in [-0.1, -0.05) is 33.1 Å². The van der Waals surface area contributed by atoms with E-state index in [9.17, 15) is 0 Å². The molecule has 1 fully saturated rings. The highest BCUT2D eigenvalue weighted by Crippen LogP contribution is 2.23. The molecule has 2 nitrogen and oxygen atoms in total. The average Bonchev–Trinajstić information content (AvgIpc) is 2.43. The van der Waals surface area contributed by atoms with Crippen LogP contribution in [0.4, 0.5) is 0 Å². The topological polar surface area (TPSA) is 35.8 Å². The smallest absolute Gasteiger partial charge is 0.0638 e. The molecule has 2 heteroatoms. The monoisotopic (exact) mass is 208 g/mol. The third-order valence-corrected chi connectivity index (χ3v) is 3.64. The molecule has 0 saturated heterocycles. The van der Waals surface area contributed by atoms with E-state index < -0.39 is 0 Å². The summed E-state index contributed by atoms with van der Waals surface area (Å²) in [6.45, 7) is 4.51. The van der Waals surface area contributed by atoms with Gasteiger partial charge in [-0.3, -0.25) is 0 Å². The van der Waals surface area contributed by atoms with Crippen molar-refractivity contribution in [3.05, 3.63) is 0 Å². The van der Waals surface area contributed by atoms with Gasteiger partial charge in [0.25, 0.3) is 0 Å². The quantitative estimate of drug-likeness (QED) is 0.720. The van der Waals surface area contributed by atoms with E-state index in [1.165, 1.54) is 32.1 Å². The van der Waals surface area contributed by atoms with E-state index in [1.807, 2.05) is 0 Å². The maximum atomic E-state index is 8.73. The van der Waals surface area contributed by atoms with Gasteiger partial charge < -0.3 is 5.32 Å². The second kappa shape index (κ2) is 6.85. The molecule has 0 aromatic carbocycles. The van der Waals surface area contributed by atoms with E-state index in [0.29, 0.717) is 18.5 Å². The highest BCUT2D eigenvalue weighted by Gasteiger charge is 2.21. The molecule has 0 bridgehead atoms. The van der Waals surface area contributed by atoms with Crippen LogP contribution >= 0.6 is 0 Å². The molecule has 0 aromatic rings. The van der Waals surface area contributed by atoms with Crippen molar-refractivity contribution < 1.29 is 0 Å². The lowest BCUT2D eigenvalue weighted by molar-refractivity contribution is 0.316. The van der Waals surface area contributed by atoms with Crippen molar-refractivity contribution in [2.75, 3.05) is 0 Å². The minimum absolute atomic E-state index is 0.403. The summed E-state index contributed by atoms with van der Waals surface area (Å²) in [6, 6.07) is 3.32. The van der Waals surface area contributed by atoms with Crippen LogP contribution in [-0.2, 0) is 0 Å². The molecule has 3 atom stereocenters. The Bertz CT molecular complexity index is 207. The molecule has 1 rings (SSSR count). The van der Waals surface area contributed by atoms with Crippen LogP contribution in [0.15, 0.2) is 0 Å². The minimum atomic E-state index is 0.403. The highest BCUT2D eigenvalue weighted by molar-refractivity contribution is 4.85. The Labute approximate surface area is 94.1 Å². The van der Waals surface area contributed by atoms with E-state index in [0.717, 1.165) is 12.3 Å². The first kappa shape index (κ1) is 12.5. The minimum Gasteiger partial charge on any atom is -0.310 e. The first-order valence-corrected chi connectivity index (χ1v) is 6.41. The van der Waals surface area contributed by atoms with Gasteiger partial charge in [0.2, 0.25) is 0 Å². The van der Waals surface area contributed by atoms with Crippen molar-refractivity contribution in [3.63, 3.8) is 0 Å². The zero-order valence-corrected chi connectivity index (χ0v) is 10.1. The Balaban J connectivity index is 2.42. The lowest BCUT2D eigenvalue weighted by atomic mass is 9.95. The van der Waals surface area contributed by atoms with Crippen molar-refractivity contribution >= 4 is 0 Å². The molecule has 15 heavy (non-hydrogen) atoms. The van der Waals surface area contributed by atoms with E-state index in [4.69, 9.17) is 5.26 Å². The Morgan fingerprint density at radius 3 is 2.73 bits per heavy atom. The summed E-state index contributed by atoms with van der Waals surface area (Å²) in [5.74, 6) is 0.778. The van der Waals surface area contributed by atoms with Crippen molar-refractivity contribution in [3.8, 4) is 6.07 Å². The largest absolute Gasteiger partial charge is 0.310 e. The molecular formula is C13H24N2. The summed E-state index contributed by atoms with van der Waals surface area (Å²) in [5, 5.41) is 12.4. The predicted molar refractivity (Wildman–Crippen MR) is 63.5 cm³/mol. The molecule has 86 valence electrons. The number of rotatable bonds is 4. The van der Waals surface area contributed by atoms with Gasteiger partial charge in [0.1, 0.15) is 0 Å². The second-order valence-corrected chi connectivity index (χ2v) is 4.86. The van der Waals surface area contributed by atoms with Crippen LogP contribution < -0.4 is 5.32 Å². The fourth-order valence-electron chi connectivity index (χ4n) is 2.47. The molecule has 0 amide bonds. The molecule has 1 saturated carbocycles. The SMILES string of the molecule is CCC(CC#N)NC1CCCCCC1C. The predicted octanol–water partition coefficient (Wildman–Crippen LogP) is 3.24. The summed E-state index contributed by atoms with van der Waals surface area (Å²) in [4.78, 5) is 0. The number of hydrogen-bond donors (Lipinski definition) is 1. The zero-order valence-electron chi connectivity index (χ0n) is 10.1. The molecule has 0 heterocycles. The maximum absolute atomic E-state index is 8.73. The van der Waals surface area contributed by atoms with Crippen LogP contribution in [0, 0.1) is 17.2 Å². The van der Waals surface area contributed by atoms with Crippen LogP contribution in [0.1, 0.15) is 58.8 Å². The molecule has 0 aliphatic heterocycles. The normalized spacial score (nSPS) is 29.1. The Morgan fingerprint density at radius 2 is 2.07 bits per heavy atom. The van der Waals surface area contributed by atoms with Gasteiger partial charge in [-0.2, -0.15) is 5.26 Å². The number of nitrogens with one attached hydrogen (secondary N) is 1. The third kappa shape index (κ3) is 4.22. The van der Waals surface area contributed by atoms with Gasteiger partial charge >= 0.3 is 0 Å². The molecule has 1 aliphatic carbocycles. The van der Waals surface area contributed by atoms with Crippen molar-refractivity contribution in [1.29, 1.82) is 5.26 Å². The Hall–Kier alpha value is -0.550. The van der Waals surface area contributed by atoms with Gasteiger partial charge in [0.05, 0.1) is 12.5 Å². The highest BCUT2D eigenvalue weighted by atomic mass is 15.0. The maximum Gasteiger partial charge on any atom is 0.0638 e. The van der Waals surface area contributed by atoms with E-state index in [-0.39, 0.29) is 0 Å². The van der Waals surface area contributed by atoms with Crippen molar-refractivity contribution in [2.24, 2.45) is 5.92 Å². The number of nitrogens with zero attached hydrogens (tertiary/aromatic N) is 1. The first-order valence-electron chi connectivity index (χ1n) is 6.41. The van der Waals surface area contributed by atoms with Crippen molar-refractivity contribution in [2.45, 2.75) is 70.9 Å². The van der Waals surface area contributed by atoms with Crippen LogP contribution in [0.3, 0.4) is 0 Å².